The molecule has 0 saturated carbocycles. The van der Waals surface area contributed by atoms with Crippen molar-refractivity contribution >= 4 is 44.6 Å². The first kappa shape index (κ1) is 23.9. The minimum absolute atomic E-state index is 0.0864. The van der Waals surface area contributed by atoms with Crippen molar-refractivity contribution in [2.45, 2.75) is 17.9 Å². The van der Waals surface area contributed by atoms with E-state index >= 15 is 0 Å². The summed E-state index contributed by atoms with van der Waals surface area (Å²) in [5.41, 5.74) is 5.21. The van der Waals surface area contributed by atoms with Crippen LogP contribution in [0.1, 0.15) is 21.5 Å². The van der Waals surface area contributed by atoms with Gasteiger partial charge < -0.3 is 10.2 Å². The fourth-order valence-electron chi connectivity index (χ4n) is 4.21. The molecule has 5 rings (SSSR count). The van der Waals surface area contributed by atoms with Crippen molar-refractivity contribution in [3.8, 4) is 0 Å². The molecule has 0 saturated heterocycles. The third kappa shape index (κ3) is 5.37. The number of halogens is 1. The molecule has 1 amide bonds. The molecule has 0 aromatic heterocycles. The van der Waals surface area contributed by atoms with Gasteiger partial charge in [-0.3, -0.25) is 9.52 Å². The van der Waals surface area contributed by atoms with Gasteiger partial charge in [-0.25, -0.2) is 8.42 Å². The lowest BCUT2D eigenvalue weighted by Gasteiger charge is -2.19. The summed E-state index contributed by atoms with van der Waals surface area (Å²) in [5, 5.41) is 3.34. The number of carbonyl (C=O) groups excluding carboxylic acids is 1. The molecule has 1 heterocycles. The molecule has 0 bridgehead atoms. The van der Waals surface area contributed by atoms with Crippen LogP contribution in [0.15, 0.2) is 102 Å². The molecule has 0 radical (unpaired) electrons. The number of nitrogens with zero attached hydrogens (tertiary/aromatic N) is 1. The zero-order valence-corrected chi connectivity index (χ0v) is 20.9. The molecule has 4 aromatic rings. The summed E-state index contributed by atoms with van der Waals surface area (Å²) < 4.78 is 27.8. The Kier molecular flexibility index (Phi) is 6.67. The Morgan fingerprint density at radius 1 is 0.833 bits per heavy atom. The normalized spacial score (nSPS) is 12.8. The van der Waals surface area contributed by atoms with Gasteiger partial charge >= 0.3 is 0 Å². The van der Waals surface area contributed by atoms with Crippen LogP contribution in [-0.4, -0.2) is 20.9 Å². The van der Waals surface area contributed by atoms with E-state index in [1.807, 2.05) is 24.3 Å². The lowest BCUT2D eigenvalue weighted by atomic mass is 10.1. The van der Waals surface area contributed by atoms with E-state index in [2.05, 4.69) is 39.2 Å². The van der Waals surface area contributed by atoms with Gasteiger partial charge in [-0.15, -0.1) is 0 Å². The highest BCUT2D eigenvalue weighted by molar-refractivity contribution is 7.92. The first-order chi connectivity index (χ1) is 17.4. The molecule has 0 unspecified atom stereocenters. The number of hydrogen-bond donors (Lipinski definition) is 2. The molecular weight excluding hydrogens is 494 g/mol. The molecule has 8 heteroatoms. The molecule has 0 spiro atoms. The first-order valence-corrected chi connectivity index (χ1v) is 13.4. The van der Waals surface area contributed by atoms with Gasteiger partial charge in [0.15, 0.2) is 0 Å². The molecule has 36 heavy (non-hydrogen) atoms. The van der Waals surface area contributed by atoms with Crippen molar-refractivity contribution < 1.29 is 13.2 Å². The monoisotopic (exact) mass is 517 g/mol. The minimum Gasteiger partial charge on any atom is -0.367 e. The van der Waals surface area contributed by atoms with Crippen molar-refractivity contribution in [3.63, 3.8) is 0 Å². The molecule has 0 atom stereocenters. The topological polar surface area (TPSA) is 78.5 Å². The first-order valence-electron chi connectivity index (χ1n) is 11.5. The van der Waals surface area contributed by atoms with Gasteiger partial charge in [0.1, 0.15) is 0 Å². The Labute approximate surface area is 215 Å². The SMILES string of the molecule is O=C(Nc1ccc(S(=O)(=O)Nc2ccc(Cl)cc2)cc1)c1ccc(CN2CCc3ccccc32)cc1. The maximum Gasteiger partial charge on any atom is 0.261 e. The number of amides is 1. The second kappa shape index (κ2) is 10.0. The van der Waals surface area contributed by atoms with E-state index in [1.54, 1.807) is 36.4 Å². The zero-order valence-electron chi connectivity index (χ0n) is 19.3. The standard InChI is InChI=1S/C28H24ClN3O3S/c29-23-9-11-25(12-10-23)31-36(34,35)26-15-13-24(14-16-26)30-28(33)22-7-5-20(6-8-22)19-32-18-17-21-3-1-2-4-27(21)32/h1-16,31H,17-19H2,(H,30,33). The molecule has 1 aliphatic rings. The van der Waals surface area contributed by atoms with Crippen LogP contribution in [-0.2, 0) is 23.0 Å². The molecule has 0 fully saturated rings. The smallest absolute Gasteiger partial charge is 0.261 e. The average molecular weight is 518 g/mol. The molecule has 182 valence electrons. The lowest BCUT2D eigenvalue weighted by molar-refractivity contribution is 0.102. The van der Waals surface area contributed by atoms with Crippen LogP contribution in [0.3, 0.4) is 0 Å². The fourth-order valence-corrected chi connectivity index (χ4v) is 5.39. The van der Waals surface area contributed by atoms with Crippen LogP contribution in [0.4, 0.5) is 17.1 Å². The van der Waals surface area contributed by atoms with Crippen LogP contribution in [0.25, 0.3) is 0 Å². The highest BCUT2D eigenvalue weighted by Gasteiger charge is 2.18. The van der Waals surface area contributed by atoms with Crippen molar-refractivity contribution in [2.24, 2.45) is 0 Å². The van der Waals surface area contributed by atoms with Gasteiger partial charge in [0.25, 0.3) is 15.9 Å². The number of fused-ring (bicyclic) bond motifs is 1. The van der Waals surface area contributed by atoms with Gasteiger partial charge in [0.05, 0.1) is 4.90 Å². The average Bonchev–Trinajstić information content (AvgIpc) is 3.29. The van der Waals surface area contributed by atoms with Gasteiger partial charge in [0, 0.05) is 40.7 Å². The number of nitrogens with one attached hydrogen (secondary N) is 2. The molecule has 2 N–H and O–H groups in total. The number of hydrogen-bond acceptors (Lipinski definition) is 4. The van der Waals surface area contributed by atoms with Crippen molar-refractivity contribution in [1.82, 2.24) is 0 Å². The van der Waals surface area contributed by atoms with E-state index < -0.39 is 10.0 Å². The van der Waals surface area contributed by atoms with Crippen molar-refractivity contribution in [3.05, 3.63) is 119 Å². The van der Waals surface area contributed by atoms with Crippen LogP contribution in [0, 0.1) is 0 Å². The maximum absolute atomic E-state index is 12.7. The Balaban J connectivity index is 1.20. The predicted molar refractivity (Wildman–Crippen MR) is 144 cm³/mol. The van der Waals surface area contributed by atoms with Gasteiger partial charge in [-0.2, -0.15) is 0 Å². The summed E-state index contributed by atoms with van der Waals surface area (Å²) in [4.78, 5) is 15.2. The summed E-state index contributed by atoms with van der Waals surface area (Å²) in [6, 6.07) is 28.4. The zero-order chi connectivity index (χ0) is 25.1. The summed E-state index contributed by atoms with van der Waals surface area (Å²) >= 11 is 5.85. The van der Waals surface area contributed by atoms with E-state index in [0.29, 0.717) is 22.0 Å². The Morgan fingerprint density at radius 2 is 1.50 bits per heavy atom. The van der Waals surface area contributed by atoms with Gasteiger partial charge in [0.2, 0.25) is 0 Å². The van der Waals surface area contributed by atoms with E-state index in [0.717, 1.165) is 25.1 Å². The largest absolute Gasteiger partial charge is 0.367 e. The second-order valence-electron chi connectivity index (χ2n) is 8.59. The predicted octanol–water partition coefficient (Wildman–Crippen LogP) is 5.96. The quantitative estimate of drug-likeness (QED) is 0.317. The van der Waals surface area contributed by atoms with Crippen LogP contribution in [0.5, 0.6) is 0 Å². The lowest BCUT2D eigenvalue weighted by Crippen LogP contribution is -2.19. The highest BCUT2D eigenvalue weighted by Crippen LogP contribution is 2.29. The van der Waals surface area contributed by atoms with Crippen LogP contribution in [0.2, 0.25) is 5.02 Å². The fraction of sp³-hybridized carbons (Fsp3) is 0.107. The number of benzene rings is 4. The van der Waals surface area contributed by atoms with Crippen LogP contribution >= 0.6 is 11.6 Å². The number of carbonyl (C=O) groups is 1. The number of para-hydroxylation sites is 1. The van der Waals surface area contributed by atoms with Crippen molar-refractivity contribution in [1.29, 1.82) is 0 Å². The van der Waals surface area contributed by atoms with Crippen LogP contribution < -0.4 is 14.9 Å². The summed E-state index contributed by atoms with van der Waals surface area (Å²) in [7, 11) is -3.77. The summed E-state index contributed by atoms with van der Waals surface area (Å²) in [6.07, 6.45) is 1.05. The van der Waals surface area contributed by atoms with Gasteiger partial charge in [-0.05, 0) is 84.3 Å². The number of rotatable bonds is 7. The van der Waals surface area contributed by atoms with E-state index in [1.165, 1.54) is 23.4 Å². The Hall–Kier alpha value is -3.81. The van der Waals surface area contributed by atoms with E-state index in [-0.39, 0.29) is 10.8 Å². The summed E-state index contributed by atoms with van der Waals surface area (Å²) in [6.45, 7) is 1.78. The third-order valence-electron chi connectivity index (χ3n) is 6.09. The number of sulfonamides is 1. The molecule has 0 aliphatic carbocycles. The summed E-state index contributed by atoms with van der Waals surface area (Å²) in [5.74, 6) is -0.261. The third-order valence-corrected chi connectivity index (χ3v) is 7.74. The minimum atomic E-state index is -3.77. The maximum atomic E-state index is 12.7. The van der Waals surface area contributed by atoms with E-state index in [4.69, 9.17) is 11.6 Å². The van der Waals surface area contributed by atoms with Gasteiger partial charge in [-0.1, -0.05) is 41.9 Å². The van der Waals surface area contributed by atoms with E-state index in [9.17, 15) is 13.2 Å². The van der Waals surface area contributed by atoms with Crippen molar-refractivity contribution in [2.75, 3.05) is 21.5 Å². The molecule has 4 aromatic carbocycles. The second-order valence-corrected chi connectivity index (χ2v) is 10.7. The highest BCUT2D eigenvalue weighted by atomic mass is 35.5. The molecule has 6 nitrogen and oxygen atoms in total. The molecule has 1 aliphatic heterocycles. The Morgan fingerprint density at radius 3 is 2.22 bits per heavy atom. The number of anilines is 3. The Bertz CT molecular complexity index is 1490. The molecular formula is C28H24ClN3O3S.